The van der Waals surface area contributed by atoms with E-state index in [2.05, 4.69) is 20.2 Å². The molecule has 2 rings (SSSR count). The van der Waals surface area contributed by atoms with E-state index in [-0.39, 0.29) is 0 Å². The highest BCUT2D eigenvalue weighted by atomic mass is 15.5. The first kappa shape index (κ1) is 6.90. The molecule has 0 radical (unpaired) electrons. The predicted octanol–water partition coefficient (Wildman–Crippen LogP) is 0.366. The van der Waals surface area contributed by atoms with E-state index in [1.807, 2.05) is 13.0 Å². The molecular formula is C7H7N5. The van der Waals surface area contributed by atoms with E-state index in [1.54, 1.807) is 18.6 Å². The van der Waals surface area contributed by atoms with Gasteiger partial charge in [0.05, 0.1) is 12.4 Å². The van der Waals surface area contributed by atoms with Gasteiger partial charge in [-0.25, -0.2) is 9.97 Å². The molecule has 0 aliphatic heterocycles. The number of aryl methyl sites for hydroxylation is 1. The van der Waals surface area contributed by atoms with Crippen LogP contribution in [0.1, 0.15) is 5.69 Å². The van der Waals surface area contributed by atoms with E-state index >= 15 is 0 Å². The van der Waals surface area contributed by atoms with E-state index in [4.69, 9.17) is 0 Å². The van der Waals surface area contributed by atoms with Crippen LogP contribution in [0.2, 0.25) is 0 Å². The Morgan fingerprint density at radius 1 is 1.17 bits per heavy atom. The van der Waals surface area contributed by atoms with Gasteiger partial charge in [0.2, 0.25) is 0 Å². The quantitative estimate of drug-likeness (QED) is 0.606. The van der Waals surface area contributed by atoms with Gasteiger partial charge in [0.25, 0.3) is 5.95 Å². The first-order valence-corrected chi connectivity index (χ1v) is 3.52. The van der Waals surface area contributed by atoms with Crippen LogP contribution in [0, 0.1) is 6.92 Å². The topological polar surface area (TPSA) is 56.5 Å². The van der Waals surface area contributed by atoms with Crippen LogP contribution in [-0.2, 0) is 0 Å². The summed E-state index contributed by atoms with van der Waals surface area (Å²) in [4.78, 5) is 9.53. The summed E-state index contributed by atoms with van der Waals surface area (Å²) < 4.78 is 0. The van der Waals surface area contributed by atoms with E-state index in [0.717, 1.165) is 5.69 Å². The van der Waals surface area contributed by atoms with Crippen molar-refractivity contribution in [3.8, 4) is 5.95 Å². The summed E-state index contributed by atoms with van der Waals surface area (Å²) in [6.07, 6.45) is 4.86. The Morgan fingerprint density at radius 2 is 1.92 bits per heavy atom. The summed E-state index contributed by atoms with van der Waals surface area (Å²) in [5.74, 6) is 0.500. The van der Waals surface area contributed by atoms with Crippen molar-refractivity contribution in [3.05, 3.63) is 30.4 Å². The fourth-order valence-electron chi connectivity index (χ4n) is 0.851. The molecule has 0 saturated carbocycles. The Morgan fingerprint density at radius 3 is 2.58 bits per heavy atom. The molecule has 0 unspecified atom stereocenters. The molecule has 0 aromatic carbocycles. The van der Waals surface area contributed by atoms with Crippen LogP contribution in [0.15, 0.2) is 24.7 Å². The largest absolute Gasteiger partial charge is 0.268 e. The van der Waals surface area contributed by atoms with Crippen molar-refractivity contribution in [1.29, 1.82) is 0 Å². The maximum atomic E-state index is 4.14. The van der Waals surface area contributed by atoms with Gasteiger partial charge < -0.3 is 0 Å². The summed E-state index contributed by atoms with van der Waals surface area (Å²) in [6, 6.07) is 1.83. The van der Waals surface area contributed by atoms with Crippen molar-refractivity contribution < 1.29 is 0 Å². The molecule has 0 saturated heterocycles. The zero-order valence-electron chi connectivity index (χ0n) is 6.55. The van der Waals surface area contributed by atoms with Crippen molar-refractivity contribution in [3.63, 3.8) is 0 Å². The summed E-state index contributed by atoms with van der Waals surface area (Å²) in [5, 5.41) is 7.82. The summed E-state index contributed by atoms with van der Waals surface area (Å²) in [5.41, 5.74) is 0.900. The molecule has 60 valence electrons. The minimum absolute atomic E-state index is 0.500. The summed E-state index contributed by atoms with van der Waals surface area (Å²) in [6.45, 7) is 1.90. The second-order valence-electron chi connectivity index (χ2n) is 2.32. The standard InChI is InChI=1S/C7H7N5/c1-6-2-3-8-7(11-6)12-9-4-5-10-12/h2-5H,1H3. The molecule has 5 nitrogen and oxygen atoms in total. The minimum atomic E-state index is 0.500. The third-order valence-electron chi connectivity index (χ3n) is 1.38. The molecule has 0 bridgehead atoms. The van der Waals surface area contributed by atoms with Crippen molar-refractivity contribution in [1.82, 2.24) is 25.0 Å². The fourth-order valence-corrected chi connectivity index (χ4v) is 0.851. The summed E-state index contributed by atoms with van der Waals surface area (Å²) in [7, 11) is 0. The van der Waals surface area contributed by atoms with E-state index in [1.165, 1.54) is 4.80 Å². The van der Waals surface area contributed by atoms with Gasteiger partial charge in [-0.05, 0) is 13.0 Å². The Balaban J connectivity index is 2.48. The van der Waals surface area contributed by atoms with Crippen molar-refractivity contribution in [2.75, 3.05) is 0 Å². The highest BCUT2D eigenvalue weighted by Crippen LogP contribution is 1.96. The van der Waals surface area contributed by atoms with Gasteiger partial charge in [-0.1, -0.05) is 0 Å². The lowest BCUT2D eigenvalue weighted by Gasteiger charge is -1.96. The van der Waals surface area contributed by atoms with E-state index in [9.17, 15) is 0 Å². The van der Waals surface area contributed by atoms with Crippen LogP contribution in [0.3, 0.4) is 0 Å². The molecule has 2 heterocycles. The fraction of sp³-hybridized carbons (Fsp3) is 0.143. The molecule has 2 aromatic heterocycles. The molecule has 0 N–H and O–H groups in total. The first-order valence-electron chi connectivity index (χ1n) is 3.52. The molecule has 0 aliphatic carbocycles. The van der Waals surface area contributed by atoms with Crippen LogP contribution in [0.4, 0.5) is 0 Å². The van der Waals surface area contributed by atoms with Crippen LogP contribution >= 0.6 is 0 Å². The number of hydrogen-bond acceptors (Lipinski definition) is 4. The SMILES string of the molecule is Cc1ccnc(-n2nccn2)n1. The smallest absolute Gasteiger partial charge is 0.218 e. The maximum Gasteiger partial charge on any atom is 0.268 e. The third-order valence-corrected chi connectivity index (χ3v) is 1.38. The highest BCUT2D eigenvalue weighted by Gasteiger charge is 1.98. The van der Waals surface area contributed by atoms with Crippen LogP contribution in [0.5, 0.6) is 0 Å². The molecule has 0 spiro atoms. The second kappa shape index (κ2) is 2.69. The Labute approximate surface area is 69.1 Å². The van der Waals surface area contributed by atoms with Gasteiger partial charge >= 0.3 is 0 Å². The lowest BCUT2D eigenvalue weighted by atomic mass is 10.5. The molecule has 0 atom stereocenters. The number of nitrogens with zero attached hydrogens (tertiary/aromatic N) is 5. The second-order valence-corrected chi connectivity index (χ2v) is 2.32. The van der Waals surface area contributed by atoms with Gasteiger partial charge in [0.1, 0.15) is 0 Å². The molecule has 2 aromatic rings. The average molecular weight is 161 g/mol. The van der Waals surface area contributed by atoms with Crippen LogP contribution < -0.4 is 0 Å². The zero-order valence-corrected chi connectivity index (χ0v) is 6.55. The Kier molecular flexibility index (Phi) is 1.55. The maximum absolute atomic E-state index is 4.14. The van der Waals surface area contributed by atoms with Gasteiger partial charge in [-0.15, -0.1) is 4.80 Å². The average Bonchev–Trinajstić information content (AvgIpc) is 2.56. The van der Waals surface area contributed by atoms with Crippen LogP contribution in [-0.4, -0.2) is 25.0 Å². The highest BCUT2D eigenvalue weighted by molar-refractivity contribution is 5.09. The zero-order chi connectivity index (χ0) is 8.39. The van der Waals surface area contributed by atoms with Gasteiger partial charge in [0, 0.05) is 11.9 Å². The van der Waals surface area contributed by atoms with Gasteiger partial charge in [0.15, 0.2) is 0 Å². The van der Waals surface area contributed by atoms with Gasteiger partial charge in [-0.3, -0.25) is 0 Å². The van der Waals surface area contributed by atoms with E-state index in [0.29, 0.717) is 5.95 Å². The normalized spacial score (nSPS) is 10.1. The number of hydrogen-bond donors (Lipinski definition) is 0. The van der Waals surface area contributed by atoms with Crippen LogP contribution in [0.25, 0.3) is 5.95 Å². The summed E-state index contributed by atoms with van der Waals surface area (Å²) >= 11 is 0. The van der Waals surface area contributed by atoms with Crippen molar-refractivity contribution >= 4 is 0 Å². The predicted molar refractivity (Wildman–Crippen MR) is 41.7 cm³/mol. The first-order chi connectivity index (χ1) is 5.86. The molecule has 0 aliphatic rings. The van der Waals surface area contributed by atoms with Crippen molar-refractivity contribution in [2.45, 2.75) is 6.92 Å². The molecular weight excluding hydrogens is 154 g/mol. The molecule has 12 heavy (non-hydrogen) atoms. The Bertz CT molecular complexity index is 367. The third kappa shape index (κ3) is 1.16. The lowest BCUT2D eigenvalue weighted by Crippen LogP contribution is -2.04. The number of rotatable bonds is 1. The van der Waals surface area contributed by atoms with E-state index < -0.39 is 0 Å². The minimum Gasteiger partial charge on any atom is -0.218 e. The molecule has 0 fully saturated rings. The lowest BCUT2D eigenvalue weighted by molar-refractivity contribution is 0.699. The molecule has 0 amide bonds. The monoisotopic (exact) mass is 161 g/mol. The molecule has 5 heteroatoms. The Hall–Kier alpha value is -1.78. The van der Waals surface area contributed by atoms with Crippen molar-refractivity contribution in [2.24, 2.45) is 0 Å². The number of aromatic nitrogens is 5. The van der Waals surface area contributed by atoms with Gasteiger partial charge in [-0.2, -0.15) is 10.2 Å².